The van der Waals surface area contributed by atoms with Crippen molar-refractivity contribution in [2.24, 2.45) is 5.92 Å². The molecule has 0 aromatic rings. The van der Waals surface area contributed by atoms with Crippen LogP contribution in [0.3, 0.4) is 0 Å². The molecule has 0 bridgehead atoms. The van der Waals surface area contributed by atoms with Crippen molar-refractivity contribution in [2.75, 3.05) is 40.0 Å². The standard InChI is InChI=1S/C15H30N2O2/c1-3-16-15(12-18)7-6-14(9-15)17(2)10-13-5-4-8-19-11-13/h13-14,16,18H,3-12H2,1-2H3. The predicted octanol–water partition coefficient (Wildman–Crippen LogP) is 1.24. The lowest BCUT2D eigenvalue weighted by molar-refractivity contribution is 0.0355. The Hall–Kier alpha value is -0.160. The summed E-state index contributed by atoms with van der Waals surface area (Å²) >= 11 is 0. The van der Waals surface area contributed by atoms with E-state index in [4.69, 9.17) is 4.74 Å². The molecule has 3 atom stereocenters. The van der Waals surface area contributed by atoms with Crippen molar-refractivity contribution in [3.63, 3.8) is 0 Å². The van der Waals surface area contributed by atoms with Gasteiger partial charge in [-0.15, -0.1) is 0 Å². The third-order valence-electron chi connectivity index (χ3n) is 4.86. The van der Waals surface area contributed by atoms with Crippen LogP contribution < -0.4 is 5.32 Å². The molecular formula is C15H30N2O2. The fourth-order valence-electron chi connectivity index (χ4n) is 3.72. The van der Waals surface area contributed by atoms with Crippen LogP contribution in [-0.2, 0) is 4.74 Å². The van der Waals surface area contributed by atoms with Crippen LogP contribution in [0.15, 0.2) is 0 Å². The highest BCUT2D eigenvalue weighted by atomic mass is 16.5. The number of nitrogens with one attached hydrogen (secondary N) is 1. The molecule has 3 unspecified atom stereocenters. The van der Waals surface area contributed by atoms with E-state index in [1.807, 2.05) is 0 Å². The molecule has 2 fully saturated rings. The summed E-state index contributed by atoms with van der Waals surface area (Å²) in [7, 11) is 2.23. The van der Waals surface area contributed by atoms with Crippen LogP contribution in [0.25, 0.3) is 0 Å². The third kappa shape index (κ3) is 3.91. The lowest BCUT2D eigenvalue weighted by Crippen LogP contribution is -2.48. The summed E-state index contributed by atoms with van der Waals surface area (Å²) < 4.78 is 5.57. The number of hydrogen-bond acceptors (Lipinski definition) is 4. The van der Waals surface area contributed by atoms with E-state index in [-0.39, 0.29) is 12.1 Å². The van der Waals surface area contributed by atoms with Crippen LogP contribution >= 0.6 is 0 Å². The molecule has 0 spiro atoms. The first-order valence-electron chi connectivity index (χ1n) is 7.83. The van der Waals surface area contributed by atoms with Crippen molar-refractivity contribution >= 4 is 0 Å². The number of rotatable bonds is 6. The number of ether oxygens (including phenoxy) is 1. The summed E-state index contributed by atoms with van der Waals surface area (Å²) in [6.45, 7) is 6.32. The van der Waals surface area contributed by atoms with E-state index < -0.39 is 0 Å². The van der Waals surface area contributed by atoms with Gasteiger partial charge in [0.15, 0.2) is 0 Å². The van der Waals surface area contributed by atoms with Gasteiger partial charge in [-0.2, -0.15) is 0 Å². The summed E-state index contributed by atoms with van der Waals surface area (Å²) in [4.78, 5) is 2.49. The Kier molecular flexibility index (Phi) is 5.63. The van der Waals surface area contributed by atoms with Crippen LogP contribution in [0.4, 0.5) is 0 Å². The molecule has 0 aromatic carbocycles. The maximum atomic E-state index is 9.67. The van der Waals surface area contributed by atoms with Gasteiger partial charge in [-0.05, 0) is 51.6 Å². The second kappa shape index (κ2) is 7.02. The molecule has 0 aromatic heterocycles. The van der Waals surface area contributed by atoms with Gasteiger partial charge in [0.25, 0.3) is 0 Å². The van der Waals surface area contributed by atoms with Gasteiger partial charge < -0.3 is 20.1 Å². The molecule has 112 valence electrons. The van der Waals surface area contributed by atoms with E-state index in [2.05, 4.69) is 24.2 Å². The minimum Gasteiger partial charge on any atom is -0.394 e. The number of aliphatic hydroxyl groups excluding tert-OH is 1. The molecule has 2 N–H and O–H groups in total. The molecular weight excluding hydrogens is 240 g/mol. The molecule has 19 heavy (non-hydrogen) atoms. The first kappa shape index (κ1) is 15.2. The van der Waals surface area contributed by atoms with Gasteiger partial charge in [0, 0.05) is 24.7 Å². The van der Waals surface area contributed by atoms with Gasteiger partial charge in [-0.3, -0.25) is 0 Å². The Bertz CT molecular complexity index is 269. The van der Waals surface area contributed by atoms with Crippen molar-refractivity contribution in [3.8, 4) is 0 Å². The second-order valence-corrected chi connectivity index (χ2v) is 6.39. The third-order valence-corrected chi connectivity index (χ3v) is 4.86. The number of nitrogens with zero attached hydrogens (tertiary/aromatic N) is 1. The summed E-state index contributed by atoms with van der Waals surface area (Å²) in [5.74, 6) is 0.696. The fourth-order valence-corrected chi connectivity index (χ4v) is 3.72. The van der Waals surface area contributed by atoms with Crippen LogP contribution in [0, 0.1) is 5.92 Å². The van der Waals surface area contributed by atoms with Crippen LogP contribution in [0.2, 0.25) is 0 Å². The van der Waals surface area contributed by atoms with Crippen LogP contribution in [0.5, 0.6) is 0 Å². The SMILES string of the molecule is CCNC1(CO)CCC(N(C)CC2CCCOC2)C1. The highest BCUT2D eigenvalue weighted by Crippen LogP contribution is 2.33. The van der Waals surface area contributed by atoms with Crippen molar-refractivity contribution < 1.29 is 9.84 Å². The minimum absolute atomic E-state index is 0.0310. The molecule has 4 nitrogen and oxygen atoms in total. The zero-order valence-corrected chi connectivity index (χ0v) is 12.5. The Balaban J connectivity index is 1.81. The second-order valence-electron chi connectivity index (χ2n) is 6.39. The molecule has 2 aliphatic rings. The van der Waals surface area contributed by atoms with E-state index >= 15 is 0 Å². The molecule has 1 aliphatic carbocycles. The smallest absolute Gasteiger partial charge is 0.0613 e. The Morgan fingerprint density at radius 2 is 2.26 bits per heavy atom. The van der Waals surface area contributed by atoms with Gasteiger partial charge in [-0.1, -0.05) is 6.92 Å². The maximum Gasteiger partial charge on any atom is 0.0613 e. The van der Waals surface area contributed by atoms with Gasteiger partial charge in [0.05, 0.1) is 13.2 Å². The first-order valence-corrected chi connectivity index (χ1v) is 7.83. The Morgan fingerprint density at radius 1 is 1.42 bits per heavy atom. The summed E-state index contributed by atoms with van der Waals surface area (Å²) in [5.41, 5.74) is -0.0310. The highest BCUT2D eigenvalue weighted by molar-refractivity contribution is 4.99. The minimum atomic E-state index is -0.0310. The average Bonchev–Trinajstić information content (AvgIpc) is 2.85. The molecule has 1 aliphatic heterocycles. The summed E-state index contributed by atoms with van der Waals surface area (Å²) in [6.07, 6.45) is 5.86. The van der Waals surface area contributed by atoms with E-state index in [9.17, 15) is 5.11 Å². The lowest BCUT2D eigenvalue weighted by atomic mass is 9.97. The van der Waals surface area contributed by atoms with E-state index in [1.165, 1.54) is 19.3 Å². The molecule has 2 rings (SSSR count). The van der Waals surface area contributed by atoms with Gasteiger partial charge >= 0.3 is 0 Å². The van der Waals surface area contributed by atoms with E-state index in [0.29, 0.717) is 12.0 Å². The quantitative estimate of drug-likeness (QED) is 0.762. The fraction of sp³-hybridized carbons (Fsp3) is 1.00. The zero-order chi connectivity index (χ0) is 13.7. The van der Waals surface area contributed by atoms with E-state index in [1.54, 1.807) is 0 Å². The Morgan fingerprint density at radius 3 is 2.89 bits per heavy atom. The van der Waals surface area contributed by atoms with Crippen molar-refractivity contribution in [2.45, 2.75) is 50.6 Å². The number of aliphatic hydroxyl groups is 1. The molecule has 4 heteroatoms. The normalized spacial score (nSPS) is 36.0. The maximum absolute atomic E-state index is 9.67. The summed E-state index contributed by atoms with van der Waals surface area (Å²) in [5, 5.41) is 13.2. The highest BCUT2D eigenvalue weighted by Gasteiger charge is 2.39. The molecule has 0 radical (unpaired) electrons. The molecule has 1 saturated heterocycles. The number of hydrogen-bond donors (Lipinski definition) is 2. The topological polar surface area (TPSA) is 44.7 Å². The largest absolute Gasteiger partial charge is 0.394 e. The zero-order valence-electron chi connectivity index (χ0n) is 12.5. The first-order chi connectivity index (χ1) is 9.19. The lowest BCUT2D eigenvalue weighted by Gasteiger charge is -2.33. The predicted molar refractivity (Wildman–Crippen MR) is 77.3 cm³/mol. The molecule has 0 amide bonds. The average molecular weight is 270 g/mol. The monoisotopic (exact) mass is 270 g/mol. The van der Waals surface area contributed by atoms with Crippen LogP contribution in [0.1, 0.15) is 39.0 Å². The Labute approximate surface area is 117 Å². The van der Waals surface area contributed by atoms with Crippen molar-refractivity contribution in [3.05, 3.63) is 0 Å². The van der Waals surface area contributed by atoms with Gasteiger partial charge in [0.2, 0.25) is 0 Å². The van der Waals surface area contributed by atoms with Gasteiger partial charge in [-0.25, -0.2) is 0 Å². The van der Waals surface area contributed by atoms with Gasteiger partial charge in [0.1, 0.15) is 0 Å². The van der Waals surface area contributed by atoms with E-state index in [0.717, 1.165) is 39.1 Å². The molecule has 1 saturated carbocycles. The summed E-state index contributed by atoms with van der Waals surface area (Å²) in [6, 6.07) is 0.605. The van der Waals surface area contributed by atoms with Crippen LogP contribution in [-0.4, -0.2) is 61.5 Å². The molecule has 1 heterocycles. The number of likely N-dealkylation sites (N-methyl/N-ethyl adjacent to an activating group) is 1. The van der Waals surface area contributed by atoms with Crippen molar-refractivity contribution in [1.29, 1.82) is 0 Å². The van der Waals surface area contributed by atoms with Crippen molar-refractivity contribution in [1.82, 2.24) is 10.2 Å².